The molecule has 0 amide bonds. The van der Waals surface area contributed by atoms with Gasteiger partial charge in [-0.3, -0.25) is 0 Å². The summed E-state index contributed by atoms with van der Waals surface area (Å²) in [6, 6.07) is 12.4. The molecule has 0 spiro atoms. The quantitative estimate of drug-likeness (QED) is 0.854. The molecule has 1 aromatic carbocycles. The van der Waals surface area contributed by atoms with E-state index in [0.717, 1.165) is 29.7 Å². The van der Waals surface area contributed by atoms with E-state index in [0.29, 0.717) is 0 Å². The highest BCUT2D eigenvalue weighted by molar-refractivity contribution is 5.61. The molecule has 0 bridgehead atoms. The van der Waals surface area contributed by atoms with Gasteiger partial charge in [0.15, 0.2) is 0 Å². The van der Waals surface area contributed by atoms with Gasteiger partial charge in [0.1, 0.15) is 0 Å². The van der Waals surface area contributed by atoms with E-state index < -0.39 is 0 Å². The van der Waals surface area contributed by atoms with Crippen molar-refractivity contribution >= 4 is 17.3 Å². The zero-order valence-corrected chi connectivity index (χ0v) is 12.0. The van der Waals surface area contributed by atoms with E-state index in [1.165, 1.54) is 0 Å². The predicted octanol–water partition coefficient (Wildman–Crippen LogP) is 2.41. The molecule has 4 heteroatoms. The van der Waals surface area contributed by atoms with Crippen LogP contribution in [0.1, 0.15) is 12.7 Å². The summed E-state index contributed by atoms with van der Waals surface area (Å²) in [6.07, 6.45) is 0. The number of rotatable bonds is 4. The molecule has 0 saturated heterocycles. The van der Waals surface area contributed by atoms with Gasteiger partial charge in [-0.2, -0.15) is 0 Å². The van der Waals surface area contributed by atoms with Crippen LogP contribution in [0.2, 0.25) is 0 Å². The first-order chi connectivity index (χ1) is 9.17. The highest BCUT2D eigenvalue weighted by Gasteiger charge is 2.17. The number of nitrogens with zero attached hydrogens (tertiary/aromatic N) is 3. The minimum atomic E-state index is 0.882. The molecular weight excluding hydrogens is 236 g/mol. The maximum atomic E-state index is 4.68. The largest absolute Gasteiger partial charge is 0.313 e. The minimum absolute atomic E-state index is 0.882. The predicted molar refractivity (Wildman–Crippen MR) is 78.8 cm³/mol. The number of hydrogen-bond acceptors (Lipinski definition) is 3. The van der Waals surface area contributed by atoms with Crippen molar-refractivity contribution < 1.29 is 4.57 Å². The molecule has 0 aliphatic rings. The number of anilines is 3. The highest BCUT2D eigenvalue weighted by atomic mass is 15.2. The molecule has 0 aliphatic heterocycles. The van der Waals surface area contributed by atoms with Gasteiger partial charge in [-0.05, 0) is 19.1 Å². The molecule has 1 aromatic heterocycles. The average Bonchev–Trinajstić information content (AvgIpc) is 2.44. The van der Waals surface area contributed by atoms with E-state index >= 15 is 0 Å². The zero-order valence-electron chi connectivity index (χ0n) is 12.0. The molecular formula is C15H21N4+. The van der Waals surface area contributed by atoms with Crippen molar-refractivity contribution in [2.75, 3.05) is 23.8 Å². The molecule has 2 aromatic rings. The van der Waals surface area contributed by atoms with Gasteiger partial charge < -0.3 is 10.2 Å². The second-order valence-electron chi connectivity index (χ2n) is 4.44. The monoisotopic (exact) mass is 257 g/mol. The minimum Gasteiger partial charge on any atom is -0.313 e. The lowest BCUT2D eigenvalue weighted by Crippen LogP contribution is -2.37. The fourth-order valence-electron chi connectivity index (χ4n) is 2.13. The lowest BCUT2D eigenvalue weighted by Gasteiger charge is -2.20. The average molecular weight is 257 g/mol. The van der Waals surface area contributed by atoms with E-state index in [4.69, 9.17) is 0 Å². The molecule has 0 aliphatic carbocycles. The van der Waals surface area contributed by atoms with Gasteiger partial charge in [0, 0.05) is 26.2 Å². The molecule has 4 nitrogen and oxygen atoms in total. The first kappa shape index (κ1) is 13.3. The summed E-state index contributed by atoms with van der Waals surface area (Å²) in [5.41, 5.74) is 1.16. The van der Waals surface area contributed by atoms with Crippen LogP contribution in [-0.4, -0.2) is 18.6 Å². The Bertz CT molecular complexity index is 552. The topological polar surface area (TPSA) is 32.0 Å². The lowest BCUT2D eigenvalue weighted by molar-refractivity contribution is -0.666. The van der Waals surface area contributed by atoms with Crippen molar-refractivity contribution in [1.29, 1.82) is 0 Å². The molecule has 0 radical (unpaired) electrons. The summed E-state index contributed by atoms with van der Waals surface area (Å²) in [7, 11) is 3.94. The summed E-state index contributed by atoms with van der Waals surface area (Å²) in [4.78, 5) is 6.88. The van der Waals surface area contributed by atoms with E-state index in [2.05, 4.69) is 40.3 Å². The van der Waals surface area contributed by atoms with Gasteiger partial charge >= 0.3 is 0 Å². The number of nitrogens with one attached hydrogen (secondary N) is 1. The first-order valence-electron chi connectivity index (χ1n) is 6.55. The van der Waals surface area contributed by atoms with Crippen molar-refractivity contribution in [1.82, 2.24) is 4.98 Å². The number of aryl methyl sites for hydroxylation is 1. The molecule has 19 heavy (non-hydrogen) atoms. The summed E-state index contributed by atoms with van der Waals surface area (Å²) in [5, 5.41) is 3.20. The Balaban J connectivity index is 2.47. The smallest absolute Gasteiger partial charge is 0.237 e. The van der Waals surface area contributed by atoms with Crippen molar-refractivity contribution in [3.05, 3.63) is 42.2 Å². The van der Waals surface area contributed by atoms with E-state index in [-0.39, 0.29) is 0 Å². The van der Waals surface area contributed by atoms with Crippen molar-refractivity contribution in [3.63, 3.8) is 0 Å². The highest BCUT2D eigenvalue weighted by Crippen LogP contribution is 2.23. The Labute approximate surface area is 114 Å². The fourth-order valence-corrected chi connectivity index (χ4v) is 2.13. The van der Waals surface area contributed by atoms with Gasteiger partial charge in [-0.1, -0.05) is 23.2 Å². The molecule has 0 fully saturated rings. The van der Waals surface area contributed by atoms with Crippen LogP contribution in [0.5, 0.6) is 0 Å². The molecule has 2 rings (SSSR count). The van der Waals surface area contributed by atoms with Crippen LogP contribution in [0.15, 0.2) is 36.4 Å². The zero-order chi connectivity index (χ0) is 13.8. The number of para-hydroxylation sites is 1. The lowest BCUT2D eigenvalue weighted by atomic mass is 10.3. The van der Waals surface area contributed by atoms with Gasteiger partial charge in [0.05, 0.1) is 13.1 Å². The van der Waals surface area contributed by atoms with E-state index in [9.17, 15) is 0 Å². The van der Waals surface area contributed by atoms with Crippen LogP contribution in [0.3, 0.4) is 0 Å². The fraction of sp³-hybridized carbons (Fsp3) is 0.333. The Kier molecular flexibility index (Phi) is 4.00. The van der Waals surface area contributed by atoms with Gasteiger partial charge in [-0.25, -0.2) is 4.57 Å². The molecule has 0 atom stereocenters. The van der Waals surface area contributed by atoms with Crippen LogP contribution >= 0.6 is 0 Å². The normalized spacial score (nSPS) is 10.3. The van der Waals surface area contributed by atoms with Crippen molar-refractivity contribution in [2.45, 2.75) is 13.8 Å². The van der Waals surface area contributed by atoms with Crippen molar-refractivity contribution in [2.24, 2.45) is 7.05 Å². The molecule has 0 saturated carbocycles. The Morgan fingerprint density at radius 3 is 2.53 bits per heavy atom. The SMILES string of the molecule is CCN(c1ccccc1)c1cc(NC)[n+](C)c(C)n1. The molecule has 100 valence electrons. The van der Waals surface area contributed by atoms with Crippen LogP contribution < -0.4 is 14.8 Å². The van der Waals surface area contributed by atoms with E-state index in [1.54, 1.807) is 0 Å². The Morgan fingerprint density at radius 1 is 1.26 bits per heavy atom. The molecule has 1 heterocycles. The number of benzene rings is 1. The summed E-state index contributed by atoms with van der Waals surface area (Å²) in [6.45, 7) is 5.03. The third kappa shape index (κ3) is 2.67. The third-order valence-corrected chi connectivity index (χ3v) is 3.31. The Morgan fingerprint density at radius 2 is 1.95 bits per heavy atom. The van der Waals surface area contributed by atoms with Crippen molar-refractivity contribution in [3.8, 4) is 0 Å². The van der Waals surface area contributed by atoms with Crippen LogP contribution in [-0.2, 0) is 7.05 Å². The first-order valence-corrected chi connectivity index (χ1v) is 6.55. The number of aromatic nitrogens is 2. The second kappa shape index (κ2) is 5.69. The van der Waals surface area contributed by atoms with Gasteiger partial charge in [0.25, 0.3) is 0 Å². The van der Waals surface area contributed by atoms with Crippen LogP contribution in [0.4, 0.5) is 17.3 Å². The number of hydrogen-bond donors (Lipinski definition) is 1. The Hall–Kier alpha value is -2.10. The maximum Gasteiger partial charge on any atom is 0.237 e. The maximum absolute atomic E-state index is 4.68. The summed E-state index contributed by atoms with van der Waals surface area (Å²) in [5.74, 6) is 3.00. The summed E-state index contributed by atoms with van der Waals surface area (Å²) < 4.78 is 2.04. The molecule has 0 unspecified atom stereocenters. The van der Waals surface area contributed by atoms with E-state index in [1.807, 2.05) is 43.8 Å². The van der Waals surface area contributed by atoms with Crippen LogP contribution in [0, 0.1) is 6.92 Å². The van der Waals surface area contributed by atoms with Gasteiger partial charge in [-0.15, -0.1) is 0 Å². The van der Waals surface area contributed by atoms with Gasteiger partial charge in [0.2, 0.25) is 17.5 Å². The third-order valence-electron chi connectivity index (χ3n) is 3.31. The summed E-state index contributed by atoms with van der Waals surface area (Å²) >= 11 is 0. The second-order valence-corrected chi connectivity index (χ2v) is 4.44. The molecule has 1 N–H and O–H groups in total. The van der Waals surface area contributed by atoms with Crippen LogP contribution in [0.25, 0.3) is 0 Å². The standard InChI is InChI=1S/C15H20N4/c1-5-19(13-9-7-6-8-10-13)15-11-14(16-3)18(4)12(2)17-15/h6-11H,5H2,1-4H3/p+1.